The fraction of sp³-hybridized carbons (Fsp3) is 0.455. The number of alkyl halides is 4. The van der Waals surface area contributed by atoms with Crippen molar-refractivity contribution in [2.75, 3.05) is 26.5 Å². The molecule has 1 aromatic heterocycles. The van der Waals surface area contributed by atoms with Crippen LogP contribution in [0, 0.1) is 0 Å². The van der Waals surface area contributed by atoms with E-state index in [1.54, 1.807) is 56.4 Å². The second-order valence-electron chi connectivity index (χ2n) is 8.34. The molecule has 0 spiro atoms. The van der Waals surface area contributed by atoms with Crippen LogP contribution in [-0.4, -0.2) is 52.8 Å². The third kappa shape index (κ3) is 3.71. The van der Waals surface area contributed by atoms with Gasteiger partial charge in [-0.2, -0.15) is 0 Å². The molecule has 0 N–H and O–H groups in total. The summed E-state index contributed by atoms with van der Waals surface area (Å²) in [6, 6.07) is 10.5. The third-order valence-corrected chi connectivity index (χ3v) is 6.27. The molecule has 2 fully saturated rings. The summed E-state index contributed by atoms with van der Waals surface area (Å²) in [6.07, 6.45) is 1.60. The maximum absolute atomic E-state index is 14.5. The Morgan fingerprint density at radius 2 is 1.77 bits per heavy atom. The van der Waals surface area contributed by atoms with E-state index in [-0.39, 0.29) is 19.8 Å². The van der Waals surface area contributed by atoms with Crippen molar-refractivity contribution in [2.24, 2.45) is 0 Å². The van der Waals surface area contributed by atoms with Gasteiger partial charge >= 0.3 is 0 Å². The van der Waals surface area contributed by atoms with E-state index in [9.17, 15) is 13.6 Å². The molecule has 1 aromatic carbocycles. The van der Waals surface area contributed by atoms with Crippen LogP contribution in [0.1, 0.15) is 25.1 Å². The van der Waals surface area contributed by atoms with Gasteiger partial charge in [0.1, 0.15) is 17.9 Å². The van der Waals surface area contributed by atoms with Crippen molar-refractivity contribution in [3.8, 4) is 11.1 Å². The van der Waals surface area contributed by atoms with Gasteiger partial charge in [0.2, 0.25) is 0 Å². The van der Waals surface area contributed by atoms with Crippen LogP contribution >= 0.6 is 23.2 Å². The first-order valence-electron chi connectivity index (χ1n) is 9.79. The first-order chi connectivity index (χ1) is 14.6. The van der Waals surface area contributed by atoms with Crippen LogP contribution in [0.3, 0.4) is 0 Å². The molecule has 1 amide bonds. The molecular weight excluding hydrogens is 449 g/mol. The highest BCUT2D eigenvalue weighted by molar-refractivity contribution is 6.53. The molecule has 1 atom stereocenters. The number of halogens is 4. The minimum atomic E-state index is -1.52. The molecule has 0 aliphatic carbocycles. The number of hydrogen-bond acceptors (Lipinski definition) is 4. The summed E-state index contributed by atoms with van der Waals surface area (Å²) < 4.78 is 39.6. The lowest BCUT2D eigenvalue weighted by Gasteiger charge is -2.41. The van der Waals surface area contributed by atoms with Crippen LogP contribution < -0.4 is 0 Å². The zero-order chi connectivity index (χ0) is 22.4. The van der Waals surface area contributed by atoms with Gasteiger partial charge in [0.15, 0.2) is 10.5 Å². The summed E-state index contributed by atoms with van der Waals surface area (Å²) in [7, 11) is 0. The van der Waals surface area contributed by atoms with Gasteiger partial charge in [-0.15, -0.1) is 0 Å². The lowest BCUT2D eigenvalue weighted by Crippen LogP contribution is -2.56. The highest BCUT2D eigenvalue weighted by Crippen LogP contribution is 2.44. The highest BCUT2D eigenvalue weighted by Gasteiger charge is 2.56. The average molecular weight is 471 g/mol. The maximum Gasteiger partial charge on any atom is 0.259 e. The topological polar surface area (TPSA) is 51.7 Å². The number of carbonyl (C=O) groups excluding carboxylic acids is 1. The predicted molar refractivity (Wildman–Crippen MR) is 113 cm³/mol. The van der Waals surface area contributed by atoms with E-state index in [4.69, 9.17) is 32.7 Å². The Balaban J connectivity index is 1.64. The molecule has 4 rings (SSSR count). The van der Waals surface area contributed by atoms with Crippen molar-refractivity contribution in [2.45, 2.75) is 35.6 Å². The smallest absolute Gasteiger partial charge is 0.259 e. The number of ether oxygens (including phenoxy) is 2. The van der Waals surface area contributed by atoms with E-state index in [2.05, 4.69) is 4.98 Å². The van der Waals surface area contributed by atoms with Gasteiger partial charge in [-0.3, -0.25) is 14.7 Å². The Morgan fingerprint density at radius 3 is 2.26 bits per heavy atom. The van der Waals surface area contributed by atoms with Gasteiger partial charge < -0.3 is 9.47 Å². The third-order valence-electron chi connectivity index (χ3n) is 5.90. The summed E-state index contributed by atoms with van der Waals surface area (Å²) in [4.78, 5) is 16.9. The predicted octanol–water partition coefficient (Wildman–Crippen LogP) is 4.51. The number of rotatable bonds is 5. The standard InChI is InChI=1S/C22H22Cl2F2N2O3/c1-20(2)28(19(29)18(23)24)22(10-25,13-31-20)16-6-3-14(4-7-16)15-5-8-17(27-9-15)21(26)11-30-12-21/h3-9,18H,10-13H2,1-2H3/t22-/m1/s1. The zero-order valence-electron chi connectivity index (χ0n) is 17.1. The minimum Gasteiger partial charge on any atom is -0.374 e. The molecule has 2 aromatic rings. The second kappa shape index (κ2) is 7.96. The molecule has 2 aliphatic rings. The number of aromatic nitrogens is 1. The van der Waals surface area contributed by atoms with Crippen molar-refractivity contribution < 1.29 is 23.0 Å². The van der Waals surface area contributed by atoms with Crippen LogP contribution in [0.5, 0.6) is 0 Å². The number of carbonyl (C=O) groups is 1. The summed E-state index contributed by atoms with van der Waals surface area (Å²) in [5.41, 5.74) is -1.43. The number of nitrogens with zero attached hydrogens (tertiary/aromatic N) is 2. The van der Waals surface area contributed by atoms with E-state index >= 15 is 0 Å². The lowest BCUT2D eigenvalue weighted by atomic mass is 9.88. The van der Waals surface area contributed by atoms with Crippen LogP contribution in [0.2, 0.25) is 0 Å². The van der Waals surface area contributed by atoms with Crippen molar-refractivity contribution in [1.82, 2.24) is 9.88 Å². The van der Waals surface area contributed by atoms with E-state index in [1.807, 2.05) is 0 Å². The fourth-order valence-corrected chi connectivity index (χ4v) is 4.33. The van der Waals surface area contributed by atoms with Crippen molar-refractivity contribution in [3.05, 3.63) is 53.9 Å². The summed E-state index contributed by atoms with van der Waals surface area (Å²) in [6.45, 7) is 2.48. The number of amides is 1. The summed E-state index contributed by atoms with van der Waals surface area (Å²) in [5.74, 6) is -0.618. The first kappa shape index (κ1) is 22.4. The molecular formula is C22H22Cl2F2N2O3. The van der Waals surface area contributed by atoms with E-state index < -0.39 is 34.4 Å². The molecule has 0 bridgehead atoms. The normalized spacial score (nSPS) is 24.3. The van der Waals surface area contributed by atoms with Gasteiger partial charge in [-0.05, 0) is 31.0 Å². The zero-order valence-corrected chi connectivity index (χ0v) is 18.6. The average Bonchev–Trinajstić information content (AvgIpc) is 3.03. The Kier molecular flexibility index (Phi) is 5.75. The first-order valence-corrected chi connectivity index (χ1v) is 10.7. The van der Waals surface area contributed by atoms with Crippen molar-refractivity contribution in [3.63, 3.8) is 0 Å². The van der Waals surface area contributed by atoms with Gasteiger partial charge in [-0.25, -0.2) is 8.78 Å². The fourth-order valence-electron chi connectivity index (χ4n) is 4.13. The minimum absolute atomic E-state index is 0.0124. The summed E-state index contributed by atoms with van der Waals surface area (Å²) >= 11 is 11.7. The monoisotopic (exact) mass is 470 g/mol. The molecule has 2 saturated heterocycles. The van der Waals surface area contributed by atoms with E-state index in [0.29, 0.717) is 11.3 Å². The number of hydrogen-bond donors (Lipinski definition) is 0. The Labute approximate surface area is 189 Å². The van der Waals surface area contributed by atoms with Crippen molar-refractivity contribution in [1.29, 1.82) is 0 Å². The molecule has 3 heterocycles. The highest BCUT2D eigenvalue weighted by atomic mass is 35.5. The Morgan fingerprint density at radius 1 is 1.13 bits per heavy atom. The number of benzene rings is 1. The number of pyridine rings is 1. The maximum atomic E-state index is 14.5. The SMILES string of the molecule is CC1(C)OC[C@](CF)(c2ccc(-c3ccc(C4(F)COC4)nc3)cc2)N1C(=O)C(Cl)Cl. The van der Waals surface area contributed by atoms with Crippen LogP contribution in [0.15, 0.2) is 42.6 Å². The van der Waals surface area contributed by atoms with Crippen molar-refractivity contribution >= 4 is 29.1 Å². The van der Waals surface area contributed by atoms with E-state index in [0.717, 1.165) is 11.1 Å². The Bertz CT molecular complexity index is 966. The van der Waals surface area contributed by atoms with Crippen LogP contribution in [0.25, 0.3) is 11.1 Å². The quantitative estimate of drug-likeness (QED) is 0.603. The largest absolute Gasteiger partial charge is 0.374 e. The van der Waals surface area contributed by atoms with Gasteiger partial charge in [-0.1, -0.05) is 53.5 Å². The van der Waals surface area contributed by atoms with E-state index in [1.165, 1.54) is 4.90 Å². The molecule has 9 heteroatoms. The lowest BCUT2D eigenvalue weighted by molar-refractivity contribution is -0.149. The molecule has 31 heavy (non-hydrogen) atoms. The summed E-state index contributed by atoms with van der Waals surface area (Å²) in [5, 5.41) is 0. The molecule has 5 nitrogen and oxygen atoms in total. The second-order valence-corrected chi connectivity index (χ2v) is 9.44. The van der Waals surface area contributed by atoms with Gasteiger partial charge in [0, 0.05) is 11.8 Å². The molecule has 0 unspecified atom stereocenters. The molecule has 0 radical (unpaired) electrons. The van der Waals surface area contributed by atoms with Gasteiger partial charge in [0.25, 0.3) is 5.91 Å². The van der Waals surface area contributed by atoms with Crippen LogP contribution in [-0.2, 0) is 25.5 Å². The molecule has 166 valence electrons. The van der Waals surface area contributed by atoms with Gasteiger partial charge in [0.05, 0.1) is 25.5 Å². The van der Waals surface area contributed by atoms with Crippen LogP contribution in [0.4, 0.5) is 8.78 Å². The Hall–Kier alpha value is -1.80. The molecule has 0 saturated carbocycles. The molecule has 2 aliphatic heterocycles.